The summed E-state index contributed by atoms with van der Waals surface area (Å²) in [5.41, 5.74) is 1.98. The molecule has 102 valence electrons. The fourth-order valence-electron chi connectivity index (χ4n) is 2.04. The van der Waals surface area contributed by atoms with Crippen LogP contribution in [-0.4, -0.2) is 34.0 Å². The summed E-state index contributed by atoms with van der Waals surface area (Å²) in [5, 5.41) is 2.89. The van der Waals surface area contributed by atoms with Gasteiger partial charge in [-0.3, -0.25) is 4.79 Å². The number of rotatable bonds is 3. The molecule has 3 nitrogen and oxygen atoms in total. The Morgan fingerprint density at radius 1 is 1.42 bits per heavy atom. The van der Waals surface area contributed by atoms with Crippen LogP contribution in [0, 0.1) is 6.92 Å². The molecule has 0 saturated carbocycles. The summed E-state index contributed by atoms with van der Waals surface area (Å²) in [6, 6.07) is 7.80. The second-order valence-electron chi connectivity index (χ2n) is 4.67. The predicted molar refractivity (Wildman–Crippen MR) is 85.7 cm³/mol. The Morgan fingerprint density at radius 3 is 2.84 bits per heavy atom. The first-order valence-corrected chi connectivity index (χ1v) is 7.83. The molecule has 1 aromatic rings. The van der Waals surface area contributed by atoms with E-state index >= 15 is 0 Å². The van der Waals surface area contributed by atoms with Crippen molar-refractivity contribution >= 4 is 39.9 Å². The third kappa shape index (κ3) is 4.51. The maximum absolute atomic E-state index is 11.8. The normalized spacial score (nSPS) is 14.5. The summed E-state index contributed by atoms with van der Waals surface area (Å²) in [6.07, 6.45) is 2.41. The van der Waals surface area contributed by atoms with Gasteiger partial charge in [-0.15, -0.1) is 0 Å². The van der Waals surface area contributed by atoms with Crippen molar-refractivity contribution in [2.45, 2.75) is 19.8 Å². The van der Waals surface area contributed by atoms with E-state index in [0.29, 0.717) is 5.75 Å². The number of thioether (sulfide) groups is 1. The average Bonchev–Trinajstić information content (AvgIpc) is 2.90. The third-order valence-electron chi connectivity index (χ3n) is 2.99. The fourth-order valence-corrected chi connectivity index (χ4v) is 3.09. The number of carbonyl (C=O) groups is 1. The van der Waals surface area contributed by atoms with Crippen LogP contribution in [-0.2, 0) is 4.79 Å². The van der Waals surface area contributed by atoms with Gasteiger partial charge in [0.2, 0.25) is 5.91 Å². The topological polar surface area (TPSA) is 32.3 Å². The Kier molecular flexibility index (Phi) is 5.22. The van der Waals surface area contributed by atoms with Gasteiger partial charge >= 0.3 is 0 Å². The number of aryl methyl sites for hydroxylation is 1. The monoisotopic (exact) mass is 294 g/mol. The van der Waals surface area contributed by atoms with E-state index in [0.717, 1.165) is 28.7 Å². The zero-order valence-corrected chi connectivity index (χ0v) is 12.6. The van der Waals surface area contributed by atoms with Gasteiger partial charge in [0, 0.05) is 18.8 Å². The van der Waals surface area contributed by atoms with Gasteiger partial charge in [0.15, 0.2) is 0 Å². The molecule has 1 aliphatic heterocycles. The van der Waals surface area contributed by atoms with E-state index in [9.17, 15) is 4.79 Å². The highest BCUT2D eigenvalue weighted by molar-refractivity contribution is 8.23. The smallest absolute Gasteiger partial charge is 0.234 e. The first-order chi connectivity index (χ1) is 9.15. The van der Waals surface area contributed by atoms with Crippen LogP contribution in [0.4, 0.5) is 5.69 Å². The van der Waals surface area contributed by atoms with Crippen LogP contribution in [0.5, 0.6) is 0 Å². The zero-order chi connectivity index (χ0) is 13.7. The molecule has 0 bridgehead atoms. The Balaban J connectivity index is 1.76. The van der Waals surface area contributed by atoms with Crippen LogP contribution < -0.4 is 5.32 Å². The molecule has 5 heteroatoms. The predicted octanol–water partition coefficient (Wildman–Crippen LogP) is 3.05. The summed E-state index contributed by atoms with van der Waals surface area (Å²) in [4.78, 5) is 14.0. The van der Waals surface area contributed by atoms with Gasteiger partial charge in [-0.25, -0.2) is 0 Å². The lowest BCUT2D eigenvalue weighted by Gasteiger charge is -2.17. The Morgan fingerprint density at radius 2 is 2.16 bits per heavy atom. The Bertz CT molecular complexity index is 470. The molecule has 0 atom stereocenters. The molecule has 0 radical (unpaired) electrons. The molecule has 1 amide bonds. The highest BCUT2D eigenvalue weighted by atomic mass is 32.2. The highest BCUT2D eigenvalue weighted by Crippen LogP contribution is 2.17. The van der Waals surface area contributed by atoms with Gasteiger partial charge in [-0.05, 0) is 37.5 Å². The molecule has 0 aromatic heterocycles. The summed E-state index contributed by atoms with van der Waals surface area (Å²) in [7, 11) is 0. The number of hydrogen-bond donors (Lipinski definition) is 1. The number of amides is 1. The summed E-state index contributed by atoms with van der Waals surface area (Å²) >= 11 is 6.78. The maximum atomic E-state index is 11.8. The lowest BCUT2D eigenvalue weighted by molar-refractivity contribution is -0.113. The van der Waals surface area contributed by atoms with E-state index in [1.165, 1.54) is 24.6 Å². The van der Waals surface area contributed by atoms with Crippen molar-refractivity contribution in [3.05, 3.63) is 29.8 Å². The molecule has 1 aromatic carbocycles. The van der Waals surface area contributed by atoms with Crippen LogP contribution in [0.15, 0.2) is 24.3 Å². The van der Waals surface area contributed by atoms with Gasteiger partial charge < -0.3 is 10.2 Å². The maximum Gasteiger partial charge on any atom is 0.234 e. The van der Waals surface area contributed by atoms with Crippen molar-refractivity contribution in [1.29, 1.82) is 0 Å². The molecule has 1 aliphatic rings. The second-order valence-corrected chi connectivity index (χ2v) is 6.28. The van der Waals surface area contributed by atoms with Gasteiger partial charge in [0.05, 0.1) is 5.75 Å². The zero-order valence-electron chi connectivity index (χ0n) is 11.0. The van der Waals surface area contributed by atoms with Crippen LogP contribution in [0.3, 0.4) is 0 Å². The van der Waals surface area contributed by atoms with Crippen molar-refractivity contribution < 1.29 is 4.79 Å². The SMILES string of the molecule is Cc1cccc(NC(=O)CSC(=S)N2CCCC2)c1. The van der Waals surface area contributed by atoms with Gasteiger partial charge in [0.25, 0.3) is 0 Å². The van der Waals surface area contributed by atoms with Crippen LogP contribution >= 0.6 is 24.0 Å². The number of carbonyl (C=O) groups excluding carboxylic acids is 1. The number of nitrogens with zero attached hydrogens (tertiary/aromatic N) is 1. The molecule has 1 saturated heterocycles. The van der Waals surface area contributed by atoms with E-state index in [2.05, 4.69) is 10.2 Å². The first-order valence-electron chi connectivity index (χ1n) is 6.43. The fraction of sp³-hybridized carbons (Fsp3) is 0.429. The van der Waals surface area contributed by atoms with E-state index in [4.69, 9.17) is 12.2 Å². The van der Waals surface area contributed by atoms with Crippen molar-refractivity contribution in [3.8, 4) is 0 Å². The highest BCUT2D eigenvalue weighted by Gasteiger charge is 2.16. The number of benzene rings is 1. The van der Waals surface area contributed by atoms with E-state index in [1.807, 2.05) is 31.2 Å². The van der Waals surface area contributed by atoms with E-state index in [1.54, 1.807) is 0 Å². The number of thiocarbonyl (C=S) groups is 1. The molecule has 1 N–H and O–H groups in total. The van der Waals surface area contributed by atoms with Crippen molar-refractivity contribution in [2.24, 2.45) is 0 Å². The molecule has 1 heterocycles. The summed E-state index contributed by atoms with van der Waals surface area (Å²) < 4.78 is 0.844. The Hall–Kier alpha value is -1.07. The van der Waals surface area contributed by atoms with Crippen LogP contribution in [0.2, 0.25) is 0 Å². The molecule has 1 fully saturated rings. The van der Waals surface area contributed by atoms with E-state index < -0.39 is 0 Å². The van der Waals surface area contributed by atoms with Crippen molar-refractivity contribution in [1.82, 2.24) is 4.90 Å². The van der Waals surface area contributed by atoms with Crippen LogP contribution in [0.1, 0.15) is 18.4 Å². The third-order valence-corrected chi connectivity index (χ3v) is 4.52. The van der Waals surface area contributed by atoms with Gasteiger partial charge in [0.1, 0.15) is 4.32 Å². The molecular weight excluding hydrogens is 276 g/mol. The second kappa shape index (κ2) is 6.91. The summed E-state index contributed by atoms with van der Waals surface area (Å²) in [6.45, 7) is 4.07. The minimum Gasteiger partial charge on any atom is -0.358 e. The largest absolute Gasteiger partial charge is 0.358 e. The Labute approximate surface area is 123 Å². The molecule has 2 rings (SSSR count). The van der Waals surface area contributed by atoms with Gasteiger partial charge in [-0.2, -0.15) is 0 Å². The number of hydrogen-bond acceptors (Lipinski definition) is 3. The number of likely N-dealkylation sites (tertiary alicyclic amines) is 1. The van der Waals surface area contributed by atoms with Crippen molar-refractivity contribution in [3.63, 3.8) is 0 Å². The van der Waals surface area contributed by atoms with Crippen LogP contribution in [0.25, 0.3) is 0 Å². The molecule has 19 heavy (non-hydrogen) atoms. The summed E-state index contributed by atoms with van der Waals surface area (Å²) in [5.74, 6) is 0.376. The molecular formula is C14H18N2OS2. The molecule has 0 aliphatic carbocycles. The standard InChI is InChI=1S/C14H18N2OS2/c1-11-5-4-6-12(9-11)15-13(17)10-19-14(18)16-7-2-3-8-16/h4-6,9H,2-3,7-8,10H2,1H3,(H,15,17). The van der Waals surface area contributed by atoms with Gasteiger partial charge in [-0.1, -0.05) is 36.1 Å². The van der Waals surface area contributed by atoms with E-state index in [-0.39, 0.29) is 5.91 Å². The quantitative estimate of drug-likeness (QED) is 0.869. The number of anilines is 1. The molecule has 0 spiro atoms. The lowest BCUT2D eigenvalue weighted by atomic mass is 10.2. The first kappa shape index (κ1) is 14.3. The lowest BCUT2D eigenvalue weighted by Crippen LogP contribution is -2.25. The molecule has 0 unspecified atom stereocenters. The average molecular weight is 294 g/mol. The van der Waals surface area contributed by atoms with Crippen molar-refractivity contribution in [2.75, 3.05) is 24.2 Å². The number of nitrogens with one attached hydrogen (secondary N) is 1. The minimum absolute atomic E-state index is 0.00264. The minimum atomic E-state index is -0.00264.